The van der Waals surface area contributed by atoms with Crippen LogP contribution in [-0.4, -0.2) is 23.6 Å². The van der Waals surface area contributed by atoms with Crippen LogP contribution in [0.4, 0.5) is 5.69 Å². The number of hydrogen-bond donors (Lipinski definition) is 2. The van der Waals surface area contributed by atoms with Crippen LogP contribution in [0.2, 0.25) is 0 Å². The highest BCUT2D eigenvalue weighted by Crippen LogP contribution is 2.22. The minimum Gasteiger partial charge on any atom is -0.494 e. The molecule has 22 heavy (non-hydrogen) atoms. The molecule has 0 unspecified atom stereocenters. The van der Waals surface area contributed by atoms with Crippen LogP contribution >= 0.6 is 0 Å². The van der Waals surface area contributed by atoms with Crippen molar-refractivity contribution in [3.8, 4) is 5.75 Å². The van der Waals surface area contributed by atoms with E-state index in [1.54, 1.807) is 43.3 Å². The number of para-hydroxylation sites is 1. The van der Waals surface area contributed by atoms with Crippen molar-refractivity contribution in [1.29, 1.82) is 0 Å². The summed E-state index contributed by atoms with van der Waals surface area (Å²) in [6, 6.07) is 11.5. The number of hydrogen-bond acceptors (Lipinski definition) is 3. The lowest BCUT2D eigenvalue weighted by molar-refractivity contribution is 0.0698. The molecule has 5 heteroatoms. The first-order chi connectivity index (χ1) is 10.5. The van der Waals surface area contributed by atoms with E-state index in [1.807, 2.05) is 6.92 Å². The topological polar surface area (TPSA) is 75.6 Å². The number of amides is 1. The lowest BCUT2D eigenvalue weighted by atomic mass is 10.1. The summed E-state index contributed by atoms with van der Waals surface area (Å²) in [6.45, 7) is 4.18. The molecule has 114 valence electrons. The Bertz CT molecular complexity index is 692. The number of carbonyl (C=O) groups is 2. The van der Waals surface area contributed by atoms with Crippen molar-refractivity contribution in [2.24, 2.45) is 0 Å². The summed E-state index contributed by atoms with van der Waals surface area (Å²) in [4.78, 5) is 23.5. The fraction of sp³-hybridized carbons (Fsp3) is 0.176. The number of carbonyl (C=O) groups excluding carboxylic acids is 1. The van der Waals surface area contributed by atoms with Gasteiger partial charge in [-0.3, -0.25) is 4.79 Å². The third-order valence-electron chi connectivity index (χ3n) is 3.17. The van der Waals surface area contributed by atoms with Gasteiger partial charge in [0.1, 0.15) is 5.75 Å². The number of aryl methyl sites for hydroxylation is 1. The third kappa shape index (κ3) is 3.44. The molecule has 0 heterocycles. The molecule has 2 N–H and O–H groups in total. The minimum absolute atomic E-state index is 0.0688. The third-order valence-corrected chi connectivity index (χ3v) is 3.17. The van der Waals surface area contributed by atoms with E-state index in [4.69, 9.17) is 4.74 Å². The quantitative estimate of drug-likeness (QED) is 0.887. The van der Waals surface area contributed by atoms with E-state index >= 15 is 0 Å². The highest BCUT2D eigenvalue weighted by Gasteiger charge is 2.15. The largest absolute Gasteiger partial charge is 0.494 e. The Labute approximate surface area is 128 Å². The summed E-state index contributed by atoms with van der Waals surface area (Å²) in [5.74, 6) is -0.758. The van der Waals surface area contributed by atoms with Crippen LogP contribution in [0.1, 0.15) is 33.2 Å². The van der Waals surface area contributed by atoms with Gasteiger partial charge in [-0.15, -0.1) is 0 Å². The van der Waals surface area contributed by atoms with E-state index in [1.165, 1.54) is 6.07 Å². The summed E-state index contributed by atoms with van der Waals surface area (Å²) >= 11 is 0. The predicted octanol–water partition coefficient (Wildman–Crippen LogP) is 3.34. The summed E-state index contributed by atoms with van der Waals surface area (Å²) in [5, 5.41) is 11.9. The maximum Gasteiger partial charge on any atom is 0.337 e. The fourth-order valence-electron chi connectivity index (χ4n) is 2.07. The van der Waals surface area contributed by atoms with Gasteiger partial charge in [0, 0.05) is 5.56 Å². The molecule has 0 saturated heterocycles. The molecule has 0 bridgehead atoms. The highest BCUT2D eigenvalue weighted by molar-refractivity contribution is 6.08. The van der Waals surface area contributed by atoms with E-state index in [-0.39, 0.29) is 11.5 Å². The molecule has 5 nitrogen and oxygen atoms in total. The number of ether oxygens (including phenoxy) is 1. The number of aromatic carboxylic acids is 1. The normalized spacial score (nSPS) is 10.1. The molecule has 0 aromatic heterocycles. The Kier molecular flexibility index (Phi) is 4.78. The zero-order chi connectivity index (χ0) is 16.1. The van der Waals surface area contributed by atoms with E-state index in [0.717, 1.165) is 0 Å². The molecule has 0 aliphatic heterocycles. The van der Waals surface area contributed by atoms with Crippen LogP contribution in [-0.2, 0) is 0 Å². The van der Waals surface area contributed by atoms with Gasteiger partial charge in [-0.25, -0.2) is 4.79 Å². The molecule has 2 rings (SSSR count). The minimum atomic E-state index is -1.08. The van der Waals surface area contributed by atoms with Gasteiger partial charge in [0.25, 0.3) is 5.91 Å². The van der Waals surface area contributed by atoms with Crippen molar-refractivity contribution in [2.75, 3.05) is 11.9 Å². The number of nitrogens with one attached hydrogen (secondary N) is 1. The van der Waals surface area contributed by atoms with Crippen LogP contribution in [0.15, 0.2) is 42.5 Å². The van der Waals surface area contributed by atoms with Gasteiger partial charge < -0.3 is 15.2 Å². The molecule has 2 aromatic rings. The van der Waals surface area contributed by atoms with Crippen LogP contribution in [0.5, 0.6) is 5.75 Å². The number of carboxylic acid groups (broad SMARTS) is 1. The molecule has 0 spiro atoms. The smallest absolute Gasteiger partial charge is 0.337 e. The molecule has 2 aromatic carbocycles. The van der Waals surface area contributed by atoms with Gasteiger partial charge in [-0.05, 0) is 49.7 Å². The Hall–Kier alpha value is -2.82. The highest BCUT2D eigenvalue weighted by atomic mass is 16.5. The Morgan fingerprint density at radius 2 is 1.82 bits per heavy atom. The van der Waals surface area contributed by atoms with Gasteiger partial charge in [-0.2, -0.15) is 0 Å². The molecule has 0 aliphatic rings. The Balaban J connectivity index is 2.24. The fourth-order valence-corrected chi connectivity index (χ4v) is 2.07. The molecule has 0 saturated carbocycles. The summed E-state index contributed by atoms with van der Waals surface area (Å²) < 4.78 is 5.32. The maximum absolute atomic E-state index is 12.3. The van der Waals surface area contributed by atoms with Crippen LogP contribution in [0, 0.1) is 6.92 Å². The summed E-state index contributed by atoms with van der Waals surface area (Å²) in [6.07, 6.45) is 0. The second-order valence-corrected chi connectivity index (χ2v) is 4.71. The van der Waals surface area contributed by atoms with Crippen LogP contribution in [0.3, 0.4) is 0 Å². The molecular weight excluding hydrogens is 282 g/mol. The summed E-state index contributed by atoms with van der Waals surface area (Å²) in [7, 11) is 0. The molecule has 0 atom stereocenters. The van der Waals surface area contributed by atoms with Crippen molar-refractivity contribution in [3.05, 3.63) is 59.2 Å². The van der Waals surface area contributed by atoms with Gasteiger partial charge in [0.2, 0.25) is 0 Å². The second kappa shape index (κ2) is 6.76. The molecule has 1 amide bonds. The van der Waals surface area contributed by atoms with Gasteiger partial charge in [-0.1, -0.05) is 12.1 Å². The van der Waals surface area contributed by atoms with Crippen LogP contribution < -0.4 is 10.1 Å². The first kappa shape index (κ1) is 15.6. The number of benzene rings is 2. The first-order valence-electron chi connectivity index (χ1n) is 6.90. The average Bonchev–Trinajstić information content (AvgIpc) is 2.50. The van der Waals surface area contributed by atoms with E-state index in [9.17, 15) is 14.7 Å². The monoisotopic (exact) mass is 299 g/mol. The first-order valence-corrected chi connectivity index (χ1v) is 6.90. The van der Waals surface area contributed by atoms with Crippen molar-refractivity contribution >= 4 is 17.6 Å². The average molecular weight is 299 g/mol. The predicted molar refractivity (Wildman–Crippen MR) is 83.7 cm³/mol. The molecule has 0 radical (unpaired) electrons. The van der Waals surface area contributed by atoms with Gasteiger partial charge in [0.05, 0.1) is 17.9 Å². The van der Waals surface area contributed by atoms with Crippen molar-refractivity contribution in [2.45, 2.75) is 13.8 Å². The van der Waals surface area contributed by atoms with E-state index in [2.05, 4.69) is 5.32 Å². The standard InChI is InChI=1S/C17H17NO4/c1-3-22-13-9-7-12(8-10-13)16(19)18-15-11(2)5-4-6-14(15)17(20)21/h4-10H,3H2,1-2H3,(H,18,19)(H,20,21). The Morgan fingerprint density at radius 3 is 2.41 bits per heavy atom. The summed E-state index contributed by atoms with van der Waals surface area (Å²) in [5.41, 5.74) is 1.51. The maximum atomic E-state index is 12.3. The SMILES string of the molecule is CCOc1ccc(C(=O)Nc2c(C)cccc2C(=O)O)cc1. The van der Waals surface area contributed by atoms with Crippen molar-refractivity contribution in [3.63, 3.8) is 0 Å². The zero-order valence-corrected chi connectivity index (χ0v) is 12.4. The van der Waals surface area contributed by atoms with Gasteiger partial charge in [0.15, 0.2) is 0 Å². The number of rotatable bonds is 5. The number of carboxylic acids is 1. The number of anilines is 1. The lowest BCUT2D eigenvalue weighted by Crippen LogP contribution is -2.15. The molecule has 0 aliphatic carbocycles. The Morgan fingerprint density at radius 1 is 1.14 bits per heavy atom. The molecule has 0 fully saturated rings. The van der Waals surface area contributed by atoms with E-state index in [0.29, 0.717) is 29.2 Å². The van der Waals surface area contributed by atoms with Crippen molar-refractivity contribution < 1.29 is 19.4 Å². The zero-order valence-electron chi connectivity index (χ0n) is 12.4. The van der Waals surface area contributed by atoms with Crippen LogP contribution in [0.25, 0.3) is 0 Å². The molecular formula is C17H17NO4. The second-order valence-electron chi connectivity index (χ2n) is 4.71. The van der Waals surface area contributed by atoms with Gasteiger partial charge >= 0.3 is 5.97 Å². The lowest BCUT2D eigenvalue weighted by Gasteiger charge is -2.12. The van der Waals surface area contributed by atoms with Crippen molar-refractivity contribution in [1.82, 2.24) is 0 Å². The van der Waals surface area contributed by atoms with E-state index < -0.39 is 5.97 Å².